The Morgan fingerprint density at radius 1 is 0.862 bits per heavy atom. The van der Waals surface area contributed by atoms with Crippen molar-refractivity contribution in [2.75, 3.05) is 10.6 Å². The zero-order chi connectivity index (χ0) is 21.4. The van der Waals surface area contributed by atoms with E-state index in [2.05, 4.69) is 10.6 Å². The van der Waals surface area contributed by atoms with Gasteiger partial charge in [-0.3, -0.25) is 9.59 Å². The maximum absolute atomic E-state index is 12.8. The Kier molecular flexibility index (Phi) is 7.75. The van der Waals surface area contributed by atoms with Gasteiger partial charge in [0.25, 0.3) is 0 Å². The first kappa shape index (κ1) is 22.4. The molecular weight excluding hydrogens is 388 g/mol. The summed E-state index contributed by atoms with van der Waals surface area (Å²) in [5.74, 6) is -0.863. The van der Waals surface area contributed by atoms with Gasteiger partial charge in [0.15, 0.2) is 0 Å². The summed E-state index contributed by atoms with van der Waals surface area (Å²) in [6.45, 7) is 1.50. The summed E-state index contributed by atoms with van der Waals surface area (Å²) in [6, 6.07) is 8.63. The third kappa shape index (κ3) is 7.56. The monoisotopic (exact) mass is 410 g/mol. The quantitative estimate of drug-likeness (QED) is 0.434. The lowest BCUT2D eigenvalue weighted by Gasteiger charge is -2.12. The Morgan fingerprint density at radius 3 is 2.00 bits per heavy atom. The molecule has 0 unspecified atom stereocenters. The number of anilines is 2. The van der Waals surface area contributed by atoms with Crippen molar-refractivity contribution in [3.05, 3.63) is 59.4 Å². The van der Waals surface area contributed by atoms with Gasteiger partial charge in [-0.1, -0.05) is 6.42 Å². The highest BCUT2D eigenvalue weighted by atomic mass is 19.4. The second kappa shape index (κ2) is 10.0. The van der Waals surface area contributed by atoms with Crippen LogP contribution < -0.4 is 10.6 Å². The van der Waals surface area contributed by atoms with E-state index in [1.807, 2.05) is 0 Å². The van der Waals surface area contributed by atoms with Gasteiger partial charge in [0, 0.05) is 24.2 Å². The third-order valence-corrected chi connectivity index (χ3v) is 4.26. The molecule has 29 heavy (non-hydrogen) atoms. The van der Waals surface area contributed by atoms with Gasteiger partial charge in [-0.15, -0.1) is 0 Å². The molecule has 0 spiro atoms. The van der Waals surface area contributed by atoms with Gasteiger partial charge >= 0.3 is 6.18 Å². The van der Waals surface area contributed by atoms with E-state index in [4.69, 9.17) is 0 Å². The van der Waals surface area contributed by atoms with Crippen LogP contribution in [0.3, 0.4) is 0 Å². The fourth-order valence-electron chi connectivity index (χ4n) is 2.70. The number of rotatable bonds is 8. The van der Waals surface area contributed by atoms with E-state index in [9.17, 15) is 27.2 Å². The summed E-state index contributed by atoms with van der Waals surface area (Å²) < 4.78 is 50.8. The van der Waals surface area contributed by atoms with Crippen molar-refractivity contribution in [3.8, 4) is 0 Å². The molecule has 156 valence electrons. The van der Waals surface area contributed by atoms with Crippen molar-refractivity contribution >= 4 is 23.2 Å². The molecule has 0 fully saturated rings. The van der Waals surface area contributed by atoms with Crippen LogP contribution in [0.4, 0.5) is 28.9 Å². The van der Waals surface area contributed by atoms with Gasteiger partial charge in [-0.25, -0.2) is 4.39 Å². The second-order valence-electron chi connectivity index (χ2n) is 6.69. The number of unbranched alkanes of at least 4 members (excludes halogenated alkanes) is 2. The molecule has 4 nitrogen and oxygen atoms in total. The zero-order valence-corrected chi connectivity index (χ0v) is 15.9. The first-order valence-electron chi connectivity index (χ1n) is 9.18. The lowest BCUT2D eigenvalue weighted by Crippen LogP contribution is -2.13. The molecule has 0 atom stereocenters. The first-order chi connectivity index (χ1) is 13.6. The average molecular weight is 410 g/mol. The van der Waals surface area contributed by atoms with Crippen LogP contribution in [0.2, 0.25) is 0 Å². The molecule has 2 N–H and O–H groups in total. The summed E-state index contributed by atoms with van der Waals surface area (Å²) in [6.07, 6.45) is -2.15. The number of aryl methyl sites for hydroxylation is 1. The summed E-state index contributed by atoms with van der Waals surface area (Å²) in [7, 11) is 0. The molecule has 0 heterocycles. The van der Waals surface area contributed by atoms with E-state index in [0.29, 0.717) is 36.2 Å². The number of amides is 2. The van der Waals surface area contributed by atoms with E-state index in [0.717, 1.165) is 12.1 Å². The van der Waals surface area contributed by atoms with Gasteiger partial charge < -0.3 is 10.6 Å². The Bertz CT molecular complexity index is 849. The summed E-state index contributed by atoms with van der Waals surface area (Å²) in [5, 5.41) is 5.27. The largest absolute Gasteiger partial charge is 0.416 e. The van der Waals surface area contributed by atoms with Crippen LogP contribution in [-0.2, 0) is 15.8 Å². The van der Waals surface area contributed by atoms with Crippen LogP contribution in [-0.4, -0.2) is 11.8 Å². The van der Waals surface area contributed by atoms with E-state index >= 15 is 0 Å². The van der Waals surface area contributed by atoms with Gasteiger partial charge in [-0.05, 0) is 67.8 Å². The molecule has 2 amide bonds. The number of carbonyl (C=O) groups is 2. The fraction of sp³-hybridized carbons (Fsp3) is 0.333. The predicted molar refractivity (Wildman–Crippen MR) is 103 cm³/mol. The lowest BCUT2D eigenvalue weighted by atomic mass is 10.1. The summed E-state index contributed by atoms with van der Waals surface area (Å²) in [5.41, 5.74) is 0.446. The van der Waals surface area contributed by atoms with E-state index in [1.165, 1.54) is 37.3 Å². The second-order valence-corrected chi connectivity index (χ2v) is 6.69. The maximum Gasteiger partial charge on any atom is 0.416 e. The van der Waals surface area contributed by atoms with Gasteiger partial charge in [-0.2, -0.15) is 13.2 Å². The molecule has 0 aliphatic heterocycles. The van der Waals surface area contributed by atoms with E-state index in [-0.39, 0.29) is 30.5 Å². The molecular formula is C21H22F4N2O2. The average Bonchev–Trinajstić information content (AvgIpc) is 2.64. The molecule has 0 aromatic heterocycles. The predicted octanol–water partition coefficient (Wildman–Crippen LogP) is 5.68. The minimum absolute atomic E-state index is 0.193. The maximum atomic E-state index is 12.8. The summed E-state index contributed by atoms with van der Waals surface area (Å²) >= 11 is 0. The van der Waals surface area contributed by atoms with Crippen molar-refractivity contribution in [2.45, 2.75) is 45.2 Å². The first-order valence-corrected chi connectivity index (χ1v) is 9.18. The van der Waals surface area contributed by atoms with Crippen molar-refractivity contribution in [1.82, 2.24) is 0 Å². The fourth-order valence-corrected chi connectivity index (χ4v) is 2.70. The van der Waals surface area contributed by atoms with Gasteiger partial charge in [0.2, 0.25) is 11.8 Å². The molecule has 0 saturated heterocycles. The third-order valence-electron chi connectivity index (χ3n) is 4.26. The topological polar surface area (TPSA) is 58.2 Å². The van der Waals surface area contributed by atoms with E-state index in [1.54, 1.807) is 0 Å². The van der Waals surface area contributed by atoms with E-state index < -0.39 is 11.7 Å². The van der Waals surface area contributed by atoms with Crippen LogP contribution in [0.25, 0.3) is 0 Å². The van der Waals surface area contributed by atoms with Crippen molar-refractivity contribution in [2.24, 2.45) is 0 Å². The minimum Gasteiger partial charge on any atom is -0.326 e. The molecule has 0 bridgehead atoms. The number of halogens is 4. The SMILES string of the molecule is Cc1cc(C(F)(F)F)ccc1NC(=O)CCCCCC(=O)Nc1ccc(F)cc1. The highest BCUT2D eigenvalue weighted by Gasteiger charge is 2.30. The van der Waals surface area contributed by atoms with Crippen molar-refractivity contribution in [1.29, 1.82) is 0 Å². The Balaban J connectivity index is 1.67. The lowest BCUT2D eigenvalue weighted by molar-refractivity contribution is -0.137. The smallest absolute Gasteiger partial charge is 0.326 e. The Morgan fingerprint density at radius 2 is 1.45 bits per heavy atom. The number of alkyl halides is 3. The molecule has 2 rings (SSSR count). The molecule has 0 aliphatic carbocycles. The molecule has 0 aliphatic rings. The normalized spacial score (nSPS) is 11.2. The molecule has 0 saturated carbocycles. The highest BCUT2D eigenvalue weighted by molar-refractivity contribution is 5.91. The minimum atomic E-state index is -4.42. The van der Waals surface area contributed by atoms with Crippen LogP contribution in [0.5, 0.6) is 0 Å². The van der Waals surface area contributed by atoms with Crippen molar-refractivity contribution < 1.29 is 27.2 Å². The van der Waals surface area contributed by atoms with Crippen LogP contribution >= 0.6 is 0 Å². The van der Waals surface area contributed by atoms with Crippen LogP contribution in [0.1, 0.15) is 43.2 Å². The van der Waals surface area contributed by atoms with Gasteiger partial charge in [0.1, 0.15) is 5.82 Å². The van der Waals surface area contributed by atoms with Crippen molar-refractivity contribution in [3.63, 3.8) is 0 Å². The number of carbonyl (C=O) groups excluding carboxylic acids is 2. The Hall–Kier alpha value is -2.90. The number of hydrogen-bond donors (Lipinski definition) is 2. The van der Waals surface area contributed by atoms with Crippen LogP contribution in [0.15, 0.2) is 42.5 Å². The molecule has 2 aromatic rings. The Labute approximate surface area is 166 Å². The summed E-state index contributed by atoms with van der Waals surface area (Å²) in [4.78, 5) is 23.8. The highest BCUT2D eigenvalue weighted by Crippen LogP contribution is 2.31. The standard InChI is InChI=1S/C21H22F4N2O2/c1-14-13-15(21(23,24)25)7-12-18(14)27-20(29)6-4-2-3-5-19(28)26-17-10-8-16(22)9-11-17/h7-13H,2-6H2,1H3,(H,26,28)(H,27,29). The number of nitrogens with one attached hydrogen (secondary N) is 2. The van der Waals surface area contributed by atoms with Crippen LogP contribution in [0, 0.1) is 12.7 Å². The molecule has 0 radical (unpaired) electrons. The van der Waals surface area contributed by atoms with Gasteiger partial charge in [0.05, 0.1) is 5.56 Å². The molecule has 8 heteroatoms. The zero-order valence-electron chi connectivity index (χ0n) is 15.9. The molecule has 2 aromatic carbocycles. The number of benzene rings is 2. The number of hydrogen-bond acceptors (Lipinski definition) is 2.